The molecule has 2 heterocycles. The molecule has 0 unspecified atom stereocenters. The highest BCUT2D eigenvalue weighted by atomic mass is 79.9. The van der Waals surface area contributed by atoms with Gasteiger partial charge in [0.25, 0.3) is 0 Å². The quantitative estimate of drug-likeness (QED) is 0.948. The molecule has 0 aliphatic carbocycles. The predicted molar refractivity (Wildman–Crippen MR) is 63.8 cm³/mol. The molecule has 0 saturated carbocycles. The minimum absolute atomic E-state index is 0.0297. The van der Waals surface area contributed by atoms with Crippen molar-refractivity contribution in [2.24, 2.45) is 0 Å². The van der Waals surface area contributed by atoms with Gasteiger partial charge in [0.1, 0.15) is 5.82 Å². The molecule has 0 aliphatic heterocycles. The number of fused-ring (bicyclic) bond motifs is 1. The number of carboxylic acid groups (broad SMARTS) is 1. The number of carbonyl (C=O) groups is 1. The minimum Gasteiger partial charge on any atom is -0.477 e. The summed E-state index contributed by atoms with van der Waals surface area (Å²) in [6.07, 6.45) is 2.47. The second kappa shape index (κ2) is 4.44. The zero-order valence-electron chi connectivity index (χ0n) is 9.07. The molecule has 90 valence electrons. The average molecular weight is 301 g/mol. The van der Waals surface area contributed by atoms with Crippen LogP contribution in [0.3, 0.4) is 0 Å². The van der Waals surface area contributed by atoms with Gasteiger partial charge in [0, 0.05) is 6.20 Å². The minimum atomic E-state index is -1.10. The Morgan fingerprint density at radius 2 is 2.35 bits per heavy atom. The van der Waals surface area contributed by atoms with Crippen molar-refractivity contribution >= 4 is 27.5 Å². The third-order valence-corrected chi connectivity index (χ3v) is 2.99. The first-order valence-electron chi connectivity index (χ1n) is 5.14. The van der Waals surface area contributed by atoms with Crippen molar-refractivity contribution in [3.63, 3.8) is 0 Å². The van der Waals surface area contributed by atoms with Crippen LogP contribution in [0.5, 0.6) is 0 Å². The molecular formula is C11H10BrFN2O2. The van der Waals surface area contributed by atoms with Crippen molar-refractivity contribution in [3.05, 3.63) is 33.9 Å². The molecule has 2 aromatic rings. The number of aryl methyl sites for hydroxylation is 1. The third-order valence-electron chi connectivity index (χ3n) is 2.40. The lowest BCUT2D eigenvalue weighted by atomic mass is 10.2. The van der Waals surface area contributed by atoms with E-state index in [0.717, 1.165) is 12.6 Å². The molecule has 1 N–H and O–H groups in total. The normalized spacial score (nSPS) is 11.0. The molecule has 6 heteroatoms. The number of halogens is 2. The van der Waals surface area contributed by atoms with E-state index in [1.165, 1.54) is 10.5 Å². The molecule has 4 nitrogen and oxygen atoms in total. The van der Waals surface area contributed by atoms with Crippen molar-refractivity contribution in [2.75, 3.05) is 0 Å². The molecule has 0 radical (unpaired) electrons. The van der Waals surface area contributed by atoms with Gasteiger partial charge in [-0.1, -0.05) is 13.3 Å². The fourth-order valence-corrected chi connectivity index (χ4v) is 2.26. The number of hydrogen-bond donors (Lipinski definition) is 1. The number of rotatable bonds is 3. The van der Waals surface area contributed by atoms with Gasteiger partial charge in [-0.15, -0.1) is 0 Å². The van der Waals surface area contributed by atoms with E-state index in [2.05, 4.69) is 20.9 Å². The van der Waals surface area contributed by atoms with E-state index >= 15 is 0 Å². The molecule has 0 amide bonds. The lowest BCUT2D eigenvalue weighted by Crippen LogP contribution is -2.05. The first-order valence-corrected chi connectivity index (χ1v) is 5.93. The SMILES string of the molecule is CCCc1nc2c(Br)cc(F)cn2c1C(=O)O. The van der Waals surface area contributed by atoms with Crippen LogP contribution in [0.4, 0.5) is 4.39 Å². The Kier molecular flexibility index (Phi) is 3.15. The molecule has 0 atom stereocenters. The van der Waals surface area contributed by atoms with Crippen molar-refractivity contribution in [3.8, 4) is 0 Å². The summed E-state index contributed by atoms with van der Waals surface area (Å²) < 4.78 is 15.0. The van der Waals surface area contributed by atoms with Crippen molar-refractivity contribution in [1.29, 1.82) is 0 Å². The van der Waals surface area contributed by atoms with Crippen molar-refractivity contribution in [1.82, 2.24) is 9.38 Å². The highest BCUT2D eigenvalue weighted by molar-refractivity contribution is 9.10. The van der Waals surface area contributed by atoms with Gasteiger partial charge in [0.05, 0.1) is 10.2 Å². The Labute approximate surface area is 105 Å². The van der Waals surface area contributed by atoms with E-state index in [-0.39, 0.29) is 5.69 Å². The molecule has 0 aliphatic rings. The van der Waals surface area contributed by atoms with E-state index in [0.29, 0.717) is 22.2 Å². The molecule has 17 heavy (non-hydrogen) atoms. The fraction of sp³-hybridized carbons (Fsp3) is 0.273. The predicted octanol–water partition coefficient (Wildman–Crippen LogP) is 2.89. The topological polar surface area (TPSA) is 54.6 Å². The molecule has 0 bridgehead atoms. The van der Waals surface area contributed by atoms with Crippen LogP contribution < -0.4 is 0 Å². The molecule has 2 rings (SSSR count). The third kappa shape index (κ3) is 2.04. The smallest absolute Gasteiger partial charge is 0.354 e. The molecular weight excluding hydrogens is 291 g/mol. The van der Waals surface area contributed by atoms with Gasteiger partial charge in [0.15, 0.2) is 11.3 Å². The van der Waals surface area contributed by atoms with Gasteiger partial charge >= 0.3 is 5.97 Å². The summed E-state index contributed by atoms with van der Waals surface area (Å²) in [7, 11) is 0. The number of hydrogen-bond acceptors (Lipinski definition) is 2. The van der Waals surface area contributed by atoms with Crippen LogP contribution in [-0.2, 0) is 6.42 Å². The maximum absolute atomic E-state index is 13.3. The molecule has 2 aromatic heterocycles. The Balaban J connectivity index is 2.80. The first kappa shape index (κ1) is 12.0. The van der Waals surface area contributed by atoms with Gasteiger partial charge in [0.2, 0.25) is 0 Å². The van der Waals surface area contributed by atoms with Crippen LogP contribution in [0.25, 0.3) is 5.65 Å². The zero-order valence-corrected chi connectivity index (χ0v) is 10.7. The summed E-state index contributed by atoms with van der Waals surface area (Å²) in [6, 6.07) is 1.27. The van der Waals surface area contributed by atoms with Crippen LogP contribution in [0.15, 0.2) is 16.7 Å². The Hall–Kier alpha value is -1.43. The van der Waals surface area contributed by atoms with E-state index in [1.54, 1.807) is 0 Å². The summed E-state index contributed by atoms with van der Waals surface area (Å²) in [4.78, 5) is 15.4. The summed E-state index contributed by atoms with van der Waals surface area (Å²) in [5, 5.41) is 9.16. The Morgan fingerprint density at radius 1 is 1.65 bits per heavy atom. The number of aromatic nitrogens is 2. The van der Waals surface area contributed by atoms with E-state index in [9.17, 15) is 9.18 Å². The highest BCUT2D eigenvalue weighted by Crippen LogP contribution is 2.23. The molecule has 0 aromatic carbocycles. The Morgan fingerprint density at radius 3 is 2.94 bits per heavy atom. The average Bonchev–Trinajstić information content (AvgIpc) is 2.57. The van der Waals surface area contributed by atoms with Gasteiger partial charge in [-0.2, -0.15) is 0 Å². The van der Waals surface area contributed by atoms with E-state index in [1.807, 2.05) is 6.92 Å². The number of aromatic carboxylic acids is 1. The lowest BCUT2D eigenvalue weighted by molar-refractivity contribution is 0.0688. The standard InChI is InChI=1S/C11H10BrFN2O2/c1-2-3-8-9(11(16)17)15-5-6(13)4-7(12)10(15)14-8/h4-5H,2-3H2,1H3,(H,16,17). The van der Waals surface area contributed by atoms with Crippen LogP contribution in [0.2, 0.25) is 0 Å². The largest absolute Gasteiger partial charge is 0.477 e. The van der Waals surface area contributed by atoms with Crippen LogP contribution >= 0.6 is 15.9 Å². The maximum atomic E-state index is 13.3. The Bertz CT molecular complexity index is 595. The van der Waals surface area contributed by atoms with Gasteiger partial charge in [-0.25, -0.2) is 14.2 Å². The number of carboxylic acids is 1. The van der Waals surface area contributed by atoms with Crippen LogP contribution in [0, 0.1) is 5.82 Å². The molecule has 0 fully saturated rings. The second-order valence-electron chi connectivity index (χ2n) is 3.66. The summed E-state index contributed by atoms with van der Waals surface area (Å²) in [5.41, 5.74) is 0.931. The van der Waals surface area contributed by atoms with Crippen molar-refractivity contribution in [2.45, 2.75) is 19.8 Å². The number of nitrogens with zero attached hydrogens (tertiary/aromatic N) is 2. The molecule has 0 spiro atoms. The highest BCUT2D eigenvalue weighted by Gasteiger charge is 2.19. The summed E-state index contributed by atoms with van der Waals surface area (Å²) in [5.74, 6) is -1.61. The number of imidazole rings is 1. The number of pyridine rings is 1. The lowest BCUT2D eigenvalue weighted by Gasteiger charge is -2.00. The van der Waals surface area contributed by atoms with E-state index < -0.39 is 11.8 Å². The second-order valence-corrected chi connectivity index (χ2v) is 4.52. The molecule has 0 saturated heterocycles. The van der Waals surface area contributed by atoms with Gasteiger partial charge in [-0.3, -0.25) is 4.40 Å². The van der Waals surface area contributed by atoms with Gasteiger partial charge < -0.3 is 5.11 Å². The summed E-state index contributed by atoms with van der Waals surface area (Å²) in [6.45, 7) is 1.94. The summed E-state index contributed by atoms with van der Waals surface area (Å²) >= 11 is 3.18. The van der Waals surface area contributed by atoms with Crippen LogP contribution in [-0.4, -0.2) is 20.5 Å². The fourth-order valence-electron chi connectivity index (χ4n) is 1.76. The van der Waals surface area contributed by atoms with Crippen molar-refractivity contribution < 1.29 is 14.3 Å². The monoisotopic (exact) mass is 300 g/mol. The van der Waals surface area contributed by atoms with Crippen LogP contribution in [0.1, 0.15) is 29.5 Å². The zero-order chi connectivity index (χ0) is 12.6. The first-order chi connectivity index (χ1) is 8.04. The van der Waals surface area contributed by atoms with Gasteiger partial charge in [-0.05, 0) is 28.4 Å². The van der Waals surface area contributed by atoms with E-state index in [4.69, 9.17) is 5.11 Å². The maximum Gasteiger partial charge on any atom is 0.354 e.